The zero-order chi connectivity index (χ0) is 60.4. The topological polar surface area (TPSA) is 146 Å². The molecule has 3 aromatic heterocycles. The third-order valence-electron chi connectivity index (χ3n) is 17.2. The molecule has 0 radical (unpaired) electrons. The molecule has 0 saturated carbocycles. The van der Waals surface area contributed by atoms with Gasteiger partial charge in [-0.2, -0.15) is 0 Å². The van der Waals surface area contributed by atoms with Crippen LogP contribution in [0.2, 0.25) is 0 Å². The molecule has 4 atom stereocenters. The summed E-state index contributed by atoms with van der Waals surface area (Å²) in [4.78, 5) is 19.1. The van der Waals surface area contributed by atoms with Gasteiger partial charge in [0.25, 0.3) is 0 Å². The van der Waals surface area contributed by atoms with Gasteiger partial charge in [0, 0.05) is 44.3 Å². The number of fused-ring (bicyclic) bond motifs is 8. The normalized spacial score (nSPS) is 13.4. The number of H-pyrrole nitrogens is 2. The first-order valence-electron chi connectivity index (χ1n) is 32.9. The number of nitrogens with one attached hydrogen (secondary N) is 2. The third-order valence-corrected chi connectivity index (χ3v) is 17.2. The fourth-order valence-electron chi connectivity index (χ4n) is 12.1. The fraction of sp³-hybridized carbons (Fsp3) is 0.421. The Morgan fingerprint density at radius 2 is 0.616 bits per heavy atom. The van der Waals surface area contributed by atoms with Crippen molar-refractivity contribution in [3.8, 4) is 67.5 Å². The molecule has 10 nitrogen and oxygen atoms in total. The third kappa shape index (κ3) is 15.6. The van der Waals surface area contributed by atoms with Gasteiger partial charge in [0.2, 0.25) is 0 Å². The number of nitrogens with zero attached hydrogens (tertiary/aromatic N) is 2. The van der Waals surface area contributed by atoms with E-state index in [-0.39, 0.29) is 24.4 Å². The van der Waals surface area contributed by atoms with E-state index in [0.717, 1.165) is 178 Å². The number of rotatable bonds is 32. The number of hydrogen-bond acceptors (Lipinski definition) is 8. The van der Waals surface area contributed by atoms with Crippen molar-refractivity contribution >= 4 is 57.7 Å². The maximum absolute atomic E-state index is 7.03. The molecule has 0 spiro atoms. The van der Waals surface area contributed by atoms with E-state index in [1.165, 1.54) is 51.4 Å². The van der Waals surface area contributed by atoms with Crippen molar-refractivity contribution in [3.63, 3.8) is 0 Å². The Labute approximate surface area is 513 Å². The highest BCUT2D eigenvalue weighted by Gasteiger charge is 2.22. The first-order valence-corrected chi connectivity index (χ1v) is 32.9. The number of aromatic nitrogens is 4. The number of unbranched alkanes of at least 4 members (excludes halogenated alkanes) is 8. The van der Waals surface area contributed by atoms with Gasteiger partial charge in [-0.1, -0.05) is 143 Å². The van der Waals surface area contributed by atoms with Crippen molar-refractivity contribution in [2.75, 3.05) is 11.5 Å². The van der Waals surface area contributed by atoms with E-state index in [2.05, 4.69) is 175 Å². The van der Waals surface area contributed by atoms with E-state index >= 15 is 0 Å². The van der Waals surface area contributed by atoms with Crippen molar-refractivity contribution in [1.29, 1.82) is 0 Å². The number of hydrogen-bond donors (Lipinski definition) is 4. The van der Waals surface area contributed by atoms with Crippen LogP contribution in [0.25, 0.3) is 90.9 Å². The fourth-order valence-corrected chi connectivity index (χ4v) is 12.1. The van der Waals surface area contributed by atoms with Gasteiger partial charge in [0.15, 0.2) is 0 Å². The molecule has 5 heterocycles. The lowest BCUT2D eigenvalue weighted by molar-refractivity contribution is 0.182. The molecule has 10 heteroatoms. The van der Waals surface area contributed by atoms with Crippen LogP contribution in [-0.4, -0.2) is 44.4 Å². The predicted molar refractivity (Wildman–Crippen MR) is 365 cm³/mol. The van der Waals surface area contributed by atoms with Gasteiger partial charge in [-0.15, -0.1) is 0 Å². The predicted octanol–water partition coefficient (Wildman–Crippen LogP) is 21.4. The van der Waals surface area contributed by atoms with Crippen molar-refractivity contribution in [2.45, 2.75) is 208 Å². The molecular weight excluding hydrogens is 1060 g/mol. The van der Waals surface area contributed by atoms with Crippen LogP contribution in [0.15, 0.2) is 109 Å². The van der Waals surface area contributed by atoms with Gasteiger partial charge >= 0.3 is 0 Å². The maximum Gasteiger partial charge on any atom is 0.142 e. The van der Waals surface area contributed by atoms with Crippen molar-refractivity contribution < 1.29 is 18.9 Å². The summed E-state index contributed by atoms with van der Waals surface area (Å²) in [6, 6.07) is 38.1. The van der Waals surface area contributed by atoms with E-state index in [9.17, 15) is 0 Å². The summed E-state index contributed by atoms with van der Waals surface area (Å²) < 4.78 is 26.6. The van der Waals surface area contributed by atoms with Gasteiger partial charge < -0.3 is 40.4 Å². The Kier molecular flexibility index (Phi) is 22.7. The van der Waals surface area contributed by atoms with Crippen molar-refractivity contribution in [2.24, 2.45) is 0 Å². The van der Waals surface area contributed by atoms with Crippen LogP contribution in [0.4, 0.5) is 11.4 Å². The van der Waals surface area contributed by atoms with Gasteiger partial charge in [0.1, 0.15) is 23.0 Å². The lowest BCUT2D eigenvalue weighted by Gasteiger charge is -2.19. The molecule has 0 amide bonds. The van der Waals surface area contributed by atoms with Gasteiger partial charge in [0.05, 0.1) is 58.6 Å². The largest absolute Gasteiger partial charge is 0.490 e. The average Bonchev–Trinajstić information content (AvgIpc) is 1.82. The molecule has 8 bridgehead atoms. The van der Waals surface area contributed by atoms with Gasteiger partial charge in [-0.3, -0.25) is 0 Å². The van der Waals surface area contributed by atoms with E-state index in [4.69, 9.17) is 40.4 Å². The molecule has 4 aromatic carbocycles. The number of aromatic amines is 2. The monoisotopic (exact) mass is 1160 g/mol. The second-order valence-electron chi connectivity index (χ2n) is 23.6. The van der Waals surface area contributed by atoms with Crippen LogP contribution in [0.1, 0.15) is 207 Å². The van der Waals surface area contributed by atoms with Crippen molar-refractivity contribution in [1.82, 2.24) is 19.9 Å². The van der Waals surface area contributed by atoms with E-state index < -0.39 is 0 Å². The van der Waals surface area contributed by atoms with Crippen LogP contribution in [-0.2, 0) is 0 Å². The molecule has 2 aliphatic heterocycles. The molecule has 9 rings (SSSR count). The highest BCUT2D eigenvalue weighted by molar-refractivity contribution is 6.00. The number of benzene rings is 4. The first kappa shape index (κ1) is 62.8. The van der Waals surface area contributed by atoms with Crippen LogP contribution in [0.5, 0.6) is 23.0 Å². The van der Waals surface area contributed by atoms with Crippen LogP contribution >= 0.6 is 0 Å². The zero-order valence-corrected chi connectivity index (χ0v) is 52.8. The highest BCUT2D eigenvalue weighted by atomic mass is 16.5. The SMILES string of the molecule is CCCCCC(CC)Oc1ccc(-c2c3nc(c(-c4ccc(OC(CC)CCCCC)c(N)c4)c4ccc([nH]4)c(-c4ccc(OC(CC)CCCCC)cc4)c4nc(c(-c5ccc(OC(CC)CCCCC)c(N)c5)c5ccc2[nH]5)C=C4)C=C3)cc1. The molecule has 0 aliphatic carbocycles. The molecular formula is C76H96N6O4. The minimum Gasteiger partial charge on any atom is -0.490 e. The summed E-state index contributed by atoms with van der Waals surface area (Å²) >= 11 is 0. The van der Waals surface area contributed by atoms with Crippen LogP contribution < -0.4 is 30.4 Å². The minimum absolute atomic E-state index is 0.0847. The smallest absolute Gasteiger partial charge is 0.142 e. The number of nitrogen functional groups attached to an aromatic ring is 2. The lowest BCUT2D eigenvalue weighted by Crippen LogP contribution is -2.16. The summed E-state index contributed by atoms with van der Waals surface area (Å²) in [7, 11) is 0. The van der Waals surface area contributed by atoms with Crippen LogP contribution in [0.3, 0.4) is 0 Å². The van der Waals surface area contributed by atoms with Crippen molar-refractivity contribution in [3.05, 3.63) is 132 Å². The molecule has 454 valence electrons. The molecule has 4 unspecified atom stereocenters. The summed E-state index contributed by atoms with van der Waals surface area (Å²) in [6.07, 6.45) is 30.8. The van der Waals surface area contributed by atoms with E-state index in [0.29, 0.717) is 22.9 Å². The summed E-state index contributed by atoms with van der Waals surface area (Å²) in [5.41, 5.74) is 29.5. The van der Waals surface area contributed by atoms with Crippen LogP contribution in [0, 0.1) is 0 Å². The molecule has 86 heavy (non-hydrogen) atoms. The Balaban J connectivity index is 1.28. The van der Waals surface area contributed by atoms with E-state index in [1.807, 2.05) is 24.3 Å². The quantitative estimate of drug-likeness (QED) is 0.0241. The standard InChI is InChI=1S/C76H96N6O4/c1-9-17-21-25-55(13-5)83-59-35-29-51(30-36-59)73-63-39-43-67(79-63)75(53-33-47-71(61(77)49-53)85-57(15-7)27-23-19-11-3)69-45-41-65(81-69)74(52-31-37-60(38-32-52)84-56(14-6)26-22-18-10-2)66-42-46-70(82-66)76(68-44-40-64(73)80-68)54-34-48-72(62(78)50-54)86-58(16-8)28-24-20-12-4/h29-50,55-58,79,82H,9-28,77-78H2,1-8H3. The second-order valence-corrected chi connectivity index (χ2v) is 23.6. The number of anilines is 2. The Hall–Kier alpha value is -7.72. The van der Waals surface area contributed by atoms with Gasteiger partial charge in [-0.05, 0) is 196 Å². The Bertz CT molecular complexity index is 3320. The van der Waals surface area contributed by atoms with E-state index in [1.54, 1.807) is 0 Å². The number of ether oxygens (including phenoxy) is 4. The van der Waals surface area contributed by atoms with Gasteiger partial charge in [-0.25, -0.2) is 9.97 Å². The minimum atomic E-state index is 0.0847. The maximum atomic E-state index is 7.03. The first-order chi connectivity index (χ1) is 42.1. The average molecular weight is 1160 g/mol. The zero-order valence-electron chi connectivity index (χ0n) is 52.8. The highest BCUT2D eigenvalue weighted by Crippen LogP contribution is 2.42. The molecule has 6 N–H and O–H groups in total. The summed E-state index contributed by atoms with van der Waals surface area (Å²) in [5.74, 6) is 3.11. The Morgan fingerprint density at radius 3 is 0.895 bits per heavy atom. The summed E-state index contributed by atoms with van der Waals surface area (Å²) in [6.45, 7) is 17.8. The molecule has 0 fully saturated rings. The molecule has 2 aliphatic rings. The molecule has 0 saturated heterocycles. The summed E-state index contributed by atoms with van der Waals surface area (Å²) in [5, 5.41) is 0. The number of nitrogens with two attached hydrogens (primary N) is 2. The second kappa shape index (κ2) is 31.1. The molecule has 7 aromatic rings. The lowest BCUT2D eigenvalue weighted by atomic mass is 10.0. The Morgan fingerprint density at radius 1 is 0.337 bits per heavy atom.